The standard InChI is InChI=1S/C31H53O13P/c1-8-15-22(32)40-27-21(20-45(37,38-13-6)39-14-7)28(41-23(33)16-9-2)30(43-25(35)18-11-4)31(44-26(36)19-12-5)29(27)42-24(34)17-10-3/h21,27-31H,8-20H2,1-7H3/t21?,27-,28+,29-,30-,31?/m1/s1. The van der Waals surface area contributed by atoms with E-state index in [-0.39, 0.29) is 45.3 Å². The van der Waals surface area contributed by atoms with Gasteiger partial charge in [0.05, 0.1) is 25.3 Å². The van der Waals surface area contributed by atoms with Gasteiger partial charge in [0.2, 0.25) is 0 Å². The van der Waals surface area contributed by atoms with Crippen LogP contribution in [0.4, 0.5) is 0 Å². The van der Waals surface area contributed by atoms with E-state index >= 15 is 0 Å². The summed E-state index contributed by atoms with van der Waals surface area (Å²) in [7, 11) is -3.96. The molecule has 14 heteroatoms. The second kappa shape index (κ2) is 21.3. The quantitative estimate of drug-likeness (QED) is 0.0865. The summed E-state index contributed by atoms with van der Waals surface area (Å²) in [4.78, 5) is 65.0. The molecule has 1 rings (SSSR count). The zero-order chi connectivity index (χ0) is 34.0. The summed E-state index contributed by atoms with van der Waals surface area (Å²) in [6, 6.07) is 0. The Kier molecular flexibility index (Phi) is 19.2. The zero-order valence-corrected chi connectivity index (χ0v) is 28.8. The van der Waals surface area contributed by atoms with Crippen LogP contribution in [0.1, 0.15) is 113 Å². The first-order chi connectivity index (χ1) is 21.4. The summed E-state index contributed by atoms with van der Waals surface area (Å²) in [5.41, 5.74) is 0. The normalized spacial score (nSPS) is 23.1. The molecular formula is C31H53O13P. The average Bonchev–Trinajstić information content (AvgIpc) is 2.95. The van der Waals surface area contributed by atoms with Crippen LogP contribution in [-0.2, 0) is 61.3 Å². The van der Waals surface area contributed by atoms with Crippen LogP contribution >= 0.6 is 7.60 Å². The third-order valence-corrected chi connectivity index (χ3v) is 9.01. The SMILES string of the molecule is CCCC(=O)OC1[C@H](OC(=O)CCC)[C@H](OC(=O)CCC)C(CP(=O)(OCC)OCC)[C@H](OC(=O)CCC)[C@H]1OC(=O)CCC. The Balaban J connectivity index is 4.06. The Labute approximate surface area is 267 Å². The second-order valence-corrected chi connectivity index (χ2v) is 12.9. The van der Waals surface area contributed by atoms with E-state index in [9.17, 15) is 28.5 Å². The molecular weight excluding hydrogens is 611 g/mol. The van der Waals surface area contributed by atoms with Gasteiger partial charge in [0, 0.05) is 32.1 Å². The van der Waals surface area contributed by atoms with Crippen molar-refractivity contribution in [3.8, 4) is 0 Å². The van der Waals surface area contributed by atoms with Crippen LogP contribution in [-0.4, -0.2) is 79.7 Å². The van der Waals surface area contributed by atoms with Gasteiger partial charge in [-0.15, -0.1) is 0 Å². The van der Waals surface area contributed by atoms with Gasteiger partial charge in [-0.3, -0.25) is 28.5 Å². The van der Waals surface area contributed by atoms with E-state index < -0.39 is 80.0 Å². The first-order valence-electron chi connectivity index (χ1n) is 16.3. The fourth-order valence-corrected chi connectivity index (χ4v) is 7.03. The van der Waals surface area contributed by atoms with Crippen molar-refractivity contribution in [3.05, 3.63) is 0 Å². The average molecular weight is 665 g/mol. The maximum atomic E-state index is 14.0. The van der Waals surface area contributed by atoms with Crippen molar-refractivity contribution in [1.82, 2.24) is 0 Å². The fraction of sp³-hybridized carbons (Fsp3) is 0.839. The first-order valence-corrected chi connectivity index (χ1v) is 18.0. The highest BCUT2D eigenvalue weighted by molar-refractivity contribution is 7.53. The van der Waals surface area contributed by atoms with Crippen LogP contribution in [0.25, 0.3) is 0 Å². The molecule has 0 aromatic carbocycles. The summed E-state index contributed by atoms with van der Waals surface area (Å²) < 4.78 is 54.5. The number of hydrogen-bond acceptors (Lipinski definition) is 13. The molecule has 2 unspecified atom stereocenters. The highest BCUT2D eigenvalue weighted by atomic mass is 31.2. The van der Waals surface area contributed by atoms with E-state index in [0.29, 0.717) is 32.1 Å². The van der Waals surface area contributed by atoms with Crippen molar-refractivity contribution in [1.29, 1.82) is 0 Å². The zero-order valence-electron chi connectivity index (χ0n) is 27.9. The van der Waals surface area contributed by atoms with Gasteiger partial charge in [-0.05, 0) is 46.0 Å². The highest BCUT2D eigenvalue weighted by Crippen LogP contribution is 2.53. The van der Waals surface area contributed by atoms with E-state index in [1.807, 2.05) is 0 Å². The smallest absolute Gasteiger partial charge is 0.331 e. The third-order valence-electron chi connectivity index (χ3n) is 6.83. The summed E-state index contributed by atoms with van der Waals surface area (Å²) in [5.74, 6) is -4.65. The van der Waals surface area contributed by atoms with E-state index in [0.717, 1.165) is 0 Å². The third kappa shape index (κ3) is 13.4. The topological polar surface area (TPSA) is 167 Å². The number of rotatable bonds is 21. The minimum Gasteiger partial charge on any atom is -0.458 e. The molecule has 0 radical (unpaired) electrons. The van der Waals surface area contributed by atoms with Gasteiger partial charge in [0.15, 0.2) is 18.3 Å². The van der Waals surface area contributed by atoms with Gasteiger partial charge in [-0.25, -0.2) is 0 Å². The molecule has 0 heterocycles. The van der Waals surface area contributed by atoms with Gasteiger partial charge >= 0.3 is 37.4 Å². The molecule has 0 aromatic heterocycles. The predicted molar refractivity (Wildman–Crippen MR) is 163 cm³/mol. The van der Waals surface area contributed by atoms with Crippen LogP contribution < -0.4 is 0 Å². The summed E-state index contributed by atoms with van der Waals surface area (Å²) >= 11 is 0. The second-order valence-electron chi connectivity index (χ2n) is 10.8. The van der Waals surface area contributed by atoms with E-state index in [1.165, 1.54) is 0 Å². The number of hydrogen-bond donors (Lipinski definition) is 0. The number of carbonyl (C=O) groups is 5. The van der Waals surface area contributed by atoms with Crippen molar-refractivity contribution < 1.29 is 61.3 Å². The molecule has 0 N–H and O–H groups in total. The lowest BCUT2D eigenvalue weighted by molar-refractivity contribution is -0.245. The monoisotopic (exact) mass is 664 g/mol. The molecule has 0 aliphatic heterocycles. The number of esters is 5. The van der Waals surface area contributed by atoms with Gasteiger partial charge < -0.3 is 32.7 Å². The van der Waals surface area contributed by atoms with Crippen LogP contribution in [0, 0.1) is 5.92 Å². The van der Waals surface area contributed by atoms with E-state index in [4.69, 9.17) is 32.7 Å². The maximum absolute atomic E-state index is 14.0. The van der Waals surface area contributed by atoms with Crippen LogP contribution in [0.15, 0.2) is 0 Å². The van der Waals surface area contributed by atoms with Crippen molar-refractivity contribution in [2.24, 2.45) is 5.92 Å². The van der Waals surface area contributed by atoms with E-state index in [1.54, 1.807) is 48.5 Å². The molecule has 0 spiro atoms. The summed E-state index contributed by atoms with van der Waals surface area (Å²) in [6.45, 7) is 12.1. The molecule has 260 valence electrons. The Bertz CT molecular complexity index is 938. The molecule has 0 bridgehead atoms. The Hall–Kier alpha value is -2.50. The van der Waals surface area contributed by atoms with Gasteiger partial charge in [0.25, 0.3) is 0 Å². The molecule has 1 aliphatic rings. The van der Waals surface area contributed by atoms with Crippen LogP contribution in [0.5, 0.6) is 0 Å². The van der Waals surface area contributed by atoms with Gasteiger partial charge in [-0.1, -0.05) is 34.6 Å². The molecule has 13 nitrogen and oxygen atoms in total. The van der Waals surface area contributed by atoms with Crippen molar-refractivity contribution in [2.45, 2.75) is 143 Å². The number of carbonyl (C=O) groups excluding carboxylic acids is 5. The molecule has 0 saturated heterocycles. The summed E-state index contributed by atoms with van der Waals surface area (Å²) in [6.07, 6.45) is -5.85. The number of ether oxygens (including phenoxy) is 5. The lowest BCUT2D eigenvalue weighted by Gasteiger charge is -2.48. The molecule has 45 heavy (non-hydrogen) atoms. The lowest BCUT2D eigenvalue weighted by Crippen LogP contribution is -2.66. The molecule has 1 aliphatic carbocycles. The van der Waals surface area contributed by atoms with Crippen molar-refractivity contribution >= 4 is 37.4 Å². The Morgan fingerprint density at radius 1 is 0.444 bits per heavy atom. The molecule has 1 saturated carbocycles. The van der Waals surface area contributed by atoms with Gasteiger partial charge in [-0.2, -0.15) is 0 Å². The van der Waals surface area contributed by atoms with Crippen LogP contribution in [0.2, 0.25) is 0 Å². The lowest BCUT2D eigenvalue weighted by atomic mass is 9.78. The van der Waals surface area contributed by atoms with Crippen LogP contribution in [0.3, 0.4) is 0 Å². The largest absolute Gasteiger partial charge is 0.458 e. The minimum absolute atomic E-state index is 0.00562. The maximum Gasteiger partial charge on any atom is 0.331 e. The van der Waals surface area contributed by atoms with Gasteiger partial charge in [0.1, 0.15) is 12.2 Å². The molecule has 0 amide bonds. The van der Waals surface area contributed by atoms with Crippen molar-refractivity contribution in [3.63, 3.8) is 0 Å². The molecule has 1 fully saturated rings. The molecule has 0 aromatic rings. The minimum atomic E-state index is -3.96. The van der Waals surface area contributed by atoms with E-state index in [2.05, 4.69) is 0 Å². The summed E-state index contributed by atoms with van der Waals surface area (Å²) in [5, 5.41) is 0. The predicted octanol–water partition coefficient (Wildman–Crippen LogP) is 5.44. The first kappa shape index (κ1) is 40.5. The Morgan fingerprint density at radius 2 is 0.689 bits per heavy atom. The Morgan fingerprint density at radius 3 is 0.933 bits per heavy atom. The van der Waals surface area contributed by atoms with Crippen molar-refractivity contribution in [2.75, 3.05) is 19.4 Å². The molecule has 6 atom stereocenters. The fourth-order valence-electron chi connectivity index (χ4n) is 5.02. The highest BCUT2D eigenvalue weighted by Gasteiger charge is 2.60.